The summed E-state index contributed by atoms with van der Waals surface area (Å²) in [6.45, 7) is 0. The first-order valence-corrected chi connectivity index (χ1v) is 6.18. The maximum atomic E-state index is 10.6. The summed E-state index contributed by atoms with van der Waals surface area (Å²) in [5, 5.41) is 19.0. The van der Waals surface area contributed by atoms with Crippen molar-refractivity contribution in [2.45, 2.75) is 4.90 Å². The average Bonchev–Trinajstić information content (AvgIpc) is 2.17. The van der Waals surface area contributed by atoms with Crippen molar-refractivity contribution in [1.29, 1.82) is 0 Å². The summed E-state index contributed by atoms with van der Waals surface area (Å²) in [6, 6.07) is 6.24. The van der Waals surface area contributed by atoms with E-state index in [1.807, 2.05) is 0 Å². The van der Waals surface area contributed by atoms with Crippen molar-refractivity contribution in [2.24, 2.45) is 0 Å². The van der Waals surface area contributed by atoms with Gasteiger partial charge < -0.3 is 5.11 Å². The number of nitrogens with zero attached hydrogens (tertiary/aromatic N) is 1. The Labute approximate surface area is 93.4 Å². The van der Waals surface area contributed by atoms with Gasteiger partial charge in [-0.3, -0.25) is 14.9 Å². The lowest BCUT2D eigenvalue weighted by molar-refractivity contribution is -0.387. The van der Waals surface area contributed by atoms with E-state index in [9.17, 15) is 14.9 Å². The van der Waals surface area contributed by atoms with Gasteiger partial charge in [0.25, 0.3) is 5.69 Å². The van der Waals surface area contributed by atoms with Crippen LogP contribution in [0.25, 0.3) is 0 Å². The van der Waals surface area contributed by atoms with Gasteiger partial charge in [0.05, 0.1) is 9.82 Å². The molecule has 1 N–H and O–H groups in total. The molecular formula is C8H7NO4S2. The third kappa shape index (κ3) is 3.80. The van der Waals surface area contributed by atoms with E-state index in [4.69, 9.17) is 5.11 Å². The fourth-order valence-corrected chi connectivity index (χ4v) is 2.75. The van der Waals surface area contributed by atoms with Gasteiger partial charge in [0.1, 0.15) is 5.75 Å². The quantitative estimate of drug-likeness (QED) is 0.487. The van der Waals surface area contributed by atoms with Gasteiger partial charge in [0.2, 0.25) is 0 Å². The van der Waals surface area contributed by atoms with Crippen molar-refractivity contribution in [1.82, 2.24) is 0 Å². The number of para-hydroxylation sites is 1. The summed E-state index contributed by atoms with van der Waals surface area (Å²) in [4.78, 5) is 20.8. The molecule has 0 amide bonds. The number of aliphatic carboxylic acids is 1. The predicted octanol–water partition coefficient (Wildman–Crippen LogP) is 2.42. The molecule has 0 aromatic heterocycles. The molecule has 0 atom stereocenters. The zero-order chi connectivity index (χ0) is 11.3. The molecule has 80 valence electrons. The minimum absolute atomic E-state index is 0.000360. The Balaban J connectivity index is 2.67. The Hall–Kier alpha value is -1.21. The molecule has 0 unspecified atom stereocenters. The van der Waals surface area contributed by atoms with E-state index in [-0.39, 0.29) is 11.4 Å². The Morgan fingerprint density at radius 1 is 1.47 bits per heavy atom. The molecule has 0 saturated heterocycles. The second kappa shape index (κ2) is 5.62. The highest BCUT2D eigenvalue weighted by Crippen LogP contribution is 2.36. The average molecular weight is 245 g/mol. The second-order valence-electron chi connectivity index (χ2n) is 2.46. The minimum atomic E-state index is -0.939. The van der Waals surface area contributed by atoms with Gasteiger partial charge in [-0.05, 0) is 16.9 Å². The monoisotopic (exact) mass is 245 g/mol. The van der Waals surface area contributed by atoms with Gasteiger partial charge in [-0.25, -0.2) is 0 Å². The smallest absolute Gasteiger partial charge is 0.314 e. The molecule has 1 aromatic rings. The molecular weight excluding hydrogens is 238 g/mol. The minimum Gasteiger partial charge on any atom is -0.481 e. The van der Waals surface area contributed by atoms with E-state index >= 15 is 0 Å². The van der Waals surface area contributed by atoms with Crippen LogP contribution in [-0.4, -0.2) is 21.8 Å². The highest BCUT2D eigenvalue weighted by atomic mass is 33.1. The number of hydrogen-bond acceptors (Lipinski definition) is 5. The van der Waals surface area contributed by atoms with Crippen molar-refractivity contribution in [3.63, 3.8) is 0 Å². The highest BCUT2D eigenvalue weighted by Gasteiger charge is 2.13. The van der Waals surface area contributed by atoms with E-state index in [1.54, 1.807) is 18.2 Å². The molecule has 1 rings (SSSR count). The first-order chi connectivity index (χ1) is 7.11. The fourth-order valence-electron chi connectivity index (χ4n) is 0.822. The van der Waals surface area contributed by atoms with E-state index in [2.05, 4.69) is 0 Å². The highest BCUT2D eigenvalue weighted by molar-refractivity contribution is 8.76. The van der Waals surface area contributed by atoms with Crippen molar-refractivity contribution < 1.29 is 14.8 Å². The lowest BCUT2D eigenvalue weighted by atomic mass is 10.3. The van der Waals surface area contributed by atoms with Crippen molar-refractivity contribution in [2.75, 3.05) is 5.75 Å². The van der Waals surface area contributed by atoms with E-state index in [0.29, 0.717) is 4.90 Å². The lowest BCUT2D eigenvalue weighted by Gasteiger charge is -1.99. The Bertz CT molecular complexity index is 383. The van der Waals surface area contributed by atoms with Crippen LogP contribution in [0, 0.1) is 10.1 Å². The van der Waals surface area contributed by atoms with Crippen LogP contribution < -0.4 is 0 Å². The molecule has 0 aliphatic carbocycles. The first kappa shape index (κ1) is 11.9. The van der Waals surface area contributed by atoms with Crippen LogP contribution in [0.15, 0.2) is 29.2 Å². The third-order valence-electron chi connectivity index (χ3n) is 1.39. The molecule has 5 nitrogen and oxygen atoms in total. The summed E-state index contributed by atoms with van der Waals surface area (Å²) in [5.74, 6) is -1.03. The fraction of sp³-hybridized carbons (Fsp3) is 0.125. The molecule has 0 radical (unpaired) electrons. The molecule has 0 aliphatic rings. The molecule has 0 heterocycles. The van der Waals surface area contributed by atoms with Crippen LogP contribution in [-0.2, 0) is 4.79 Å². The van der Waals surface area contributed by atoms with Crippen LogP contribution in [0.5, 0.6) is 0 Å². The first-order valence-electron chi connectivity index (χ1n) is 3.86. The predicted molar refractivity (Wildman–Crippen MR) is 59.0 cm³/mol. The summed E-state index contributed by atoms with van der Waals surface area (Å²) < 4.78 is 0. The van der Waals surface area contributed by atoms with Crippen molar-refractivity contribution in [3.05, 3.63) is 34.4 Å². The zero-order valence-electron chi connectivity index (χ0n) is 7.45. The number of benzene rings is 1. The standard InChI is InChI=1S/C8H7NO4S2/c10-8(11)5-14-15-7-4-2-1-3-6(7)9(12)13/h1-4H,5H2,(H,10,11). The number of rotatable bonds is 5. The van der Waals surface area contributed by atoms with Gasteiger partial charge in [-0.2, -0.15) is 0 Å². The summed E-state index contributed by atoms with van der Waals surface area (Å²) in [6.07, 6.45) is 0. The van der Waals surface area contributed by atoms with Crippen LogP contribution in [0.4, 0.5) is 5.69 Å². The maximum absolute atomic E-state index is 10.6. The number of hydrogen-bond donors (Lipinski definition) is 1. The Morgan fingerprint density at radius 3 is 2.73 bits per heavy atom. The van der Waals surface area contributed by atoms with E-state index < -0.39 is 10.9 Å². The second-order valence-corrected chi connectivity index (χ2v) is 4.80. The molecule has 7 heteroatoms. The van der Waals surface area contributed by atoms with Crippen LogP contribution in [0.2, 0.25) is 0 Å². The summed E-state index contributed by atoms with van der Waals surface area (Å²) in [5.41, 5.74) is 0.000360. The topological polar surface area (TPSA) is 80.4 Å². The van der Waals surface area contributed by atoms with Gasteiger partial charge >= 0.3 is 5.97 Å². The van der Waals surface area contributed by atoms with Crippen LogP contribution in [0.1, 0.15) is 0 Å². The molecule has 0 spiro atoms. The van der Waals surface area contributed by atoms with Gasteiger partial charge in [0, 0.05) is 6.07 Å². The third-order valence-corrected chi connectivity index (χ3v) is 3.65. The van der Waals surface area contributed by atoms with Gasteiger partial charge in [-0.15, -0.1) is 0 Å². The Morgan fingerprint density at radius 2 is 2.13 bits per heavy atom. The summed E-state index contributed by atoms with van der Waals surface area (Å²) >= 11 is 0. The number of nitro groups is 1. The van der Waals surface area contributed by atoms with Crippen LogP contribution >= 0.6 is 21.6 Å². The molecule has 0 bridgehead atoms. The van der Waals surface area contributed by atoms with E-state index in [0.717, 1.165) is 21.6 Å². The zero-order valence-corrected chi connectivity index (χ0v) is 9.09. The largest absolute Gasteiger partial charge is 0.481 e. The lowest BCUT2D eigenvalue weighted by Crippen LogP contribution is -1.96. The van der Waals surface area contributed by atoms with Crippen LogP contribution in [0.3, 0.4) is 0 Å². The maximum Gasteiger partial charge on any atom is 0.314 e. The number of nitro benzene ring substituents is 1. The van der Waals surface area contributed by atoms with Gasteiger partial charge in [0.15, 0.2) is 0 Å². The SMILES string of the molecule is O=C(O)CSSc1ccccc1[N+](=O)[O-]. The number of carbonyl (C=O) groups is 1. The summed E-state index contributed by atoms with van der Waals surface area (Å²) in [7, 11) is 2.16. The normalized spacial score (nSPS) is 9.87. The molecule has 0 aliphatic heterocycles. The number of carboxylic acid groups (broad SMARTS) is 1. The van der Waals surface area contributed by atoms with E-state index in [1.165, 1.54) is 6.07 Å². The number of carboxylic acids is 1. The molecule has 0 fully saturated rings. The van der Waals surface area contributed by atoms with Crippen molar-refractivity contribution in [3.8, 4) is 0 Å². The molecule has 15 heavy (non-hydrogen) atoms. The van der Waals surface area contributed by atoms with Gasteiger partial charge in [-0.1, -0.05) is 22.9 Å². The van der Waals surface area contributed by atoms with Crippen molar-refractivity contribution >= 4 is 33.2 Å². The Kier molecular flexibility index (Phi) is 4.44. The molecule has 1 aromatic carbocycles. The molecule has 0 saturated carbocycles.